The lowest BCUT2D eigenvalue weighted by molar-refractivity contribution is -0.123. The van der Waals surface area contributed by atoms with Crippen LogP contribution in [0.25, 0.3) is 0 Å². The maximum absolute atomic E-state index is 12.0. The summed E-state index contributed by atoms with van der Waals surface area (Å²) < 4.78 is 36.1. The molecule has 1 aliphatic rings. The Morgan fingerprint density at radius 2 is 1.78 bits per heavy atom. The zero-order valence-corrected chi connectivity index (χ0v) is 12.4. The van der Waals surface area contributed by atoms with E-state index in [1.807, 2.05) is 0 Å². The Hall–Kier alpha value is -2.09. The van der Waals surface area contributed by atoms with Crippen molar-refractivity contribution in [1.29, 1.82) is 0 Å². The largest absolute Gasteiger partial charge is 0.405 e. The number of carbonyl (C=O) groups excluding carboxylic acids is 2. The molecule has 0 bridgehead atoms. The molecule has 1 aliphatic carbocycles. The number of amides is 2. The van der Waals surface area contributed by atoms with Crippen molar-refractivity contribution in [3.63, 3.8) is 0 Å². The molecule has 2 rings (SSSR count). The Bertz CT molecular complexity index is 554. The molecule has 1 aromatic rings. The lowest BCUT2D eigenvalue weighted by Crippen LogP contribution is -2.33. The molecule has 0 radical (unpaired) electrons. The molecule has 1 aromatic carbocycles. The molecule has 2 amide bonds. The highest BCUT2D eigenvalue weighted by Crippen LogP contribution is 2.27. The second kappa shape index (κ2) is 7.45. The first-order chi connectivity index (χ1) is 10.8. The first kappa shape index (κ1) is 17.3. The molecule has 0 spiro atoms. The third kappa shape index (κ3) is 6.68. The van der Waals surface area contributed by atoms with Gasteiger partial charge in [0.25, 0.3) is 5.91 Å². The summed E-state index contributed by atoms with van der Waals surface area (Å²) in [5.74, 6) is -0.344. The number of nitrogens with one attached hydrogen (secondary N) is 3. The highest BCUT2D eigenvalue weighted by atomic mass is 19.4. The topological polar surface area (TPSA) is 70.2 Å². The first-order valence-electron chi connectivity index (χ1n) is 7.29. The molecule has 1 saturated carbocycles. The van der Waals surface area contributed by atoms with E-state index in [2.05, 4.69) is 10.6 Å². The van der Waals surface area contributed by atoms with E-state index in [-0.39, 0.29) is 18.0 Å². The molecule has 0 aromatic heterocycles. The van der Waals surface area contributed by atoms with Crippen LogP contribution in [0.3, 0.4) is 0 Å². The van der Waals surface area contributed by atoms with E-state index in [0.717, 1.165) is 6.54 Å². The van der Waals surface area contributed by atoms with Gasteiger partial charge >= 0.3 is 6.18 Å². The van der Waals surface area contributed by atoms with E-state index >= 15 is 0 Å². The number of halogens is 3. The van der Waals surface area contributed by atoms with E-state index in [1.54, 1.807) is 5.32 Å². The van der Waals surface area contributed by atoms with Gasteiger partial charge in [0.05, 0.1) is 6.54 Å². The maximum Gasteiger partial charge on any atom is 0.405 e. The summed E-state index contributed by atoms with van der Waals surface area (Å²) in [7, 11) is 0. The monoisotopic (exact) mass is 329 g/mol. The predicted molar refractivity (Wildman–Crippen MR) is 79.1 cm³/mol. The van der Waals surface area contributed by atoms with Crippen molar-refractivity contribution in [1.82, 2.24) is 10.6 Å². The number of hydrogen-bond donors (Lipinski definition) is 3. The van der Waals surface area contributed by atoms with Gasteiger partial charge in [-0.2, -0.15) is 13.2 Å². The summed E-state index contributed by atoms with van der Waals surface area (Å²) in [4.78, 5) is 23.2. The van der Waals surface area contributed by atoms with Crippen LogP contribution in [0.2, 0.25) is 0 Å². The predicted octanol–water partition coefficient (Wildman–Crippen LogP) is 1.92. The van der Waals surface area contributed by atoms with Crippen molar-refractivity contribution in [3.8, 4) is 0 Å². The third-order valence-corrected chi connectivity index (χ3v) is 3.30. The maximum atomic E-state index is 12.0. The quantitative estimate of drug-likeness (QED) is 0.716. The van der Waals surface area contributed by atoms with Crippen LogP contribution in [-0.2, 0) is 4.79 Å². The van der Waals surface area contributed by atoms with E-state index in [4.69, 9.17) is 0 Å². The Balaban J connectivity index is 1.76. The summed E-state index contributed by atoms with van der Waals surface area (Å²) in [5.41, 5.74) is 0.578. The van der Waals surface area contributed by atoms with Gasteiger partial charge in [-0.15, -0.1) is 0 Å². The summed E-state index contributed by atoms with van der Waals surface area (Å²) >= 11 is 0. The zero-order chi connectivity index (χ0) is 16.9. The van der Waals surface area contributed by atoms with Gasteiger partial charge in [0, 0.05) is 11.3 Å². The molecule has 3 N–H and O–H groups in total. The van der Waals surface area contributed by atoms with Gasteiger partial charge in [0.15, 0.2) is 0 Å². The van der Waals surface area contributed by atoms with Crippen LogP contribution in [0.4, 0.5) is 18.9 Å². The average Bonchev–Trinajstić information content (AvgIpc) is 3.29. The molecule has 0 heterocycles. The van der Waals surface area contributed by atoms with Crippen LogP contribution in [-0.4, -0.2) is 37.6 Å². The highest BCUT2D eigenvalue weighted by Gasteiger charge is 2.27. The highest BCUT2D eigenvalue weighted by molar-refractivity contribution is 5.96. The number of carbonyl (C=O) groups is 2. The fourth-order valence-electron chi connectivity index (χ4n) is 1.90. The van der Waals surface area contributed by atoms with Gasteiger partial charge in [-0.05, 0) is 49.6 Å². The van der Waals surface area contributed by atoms with Gasteiger partial charge in [-0.1, -0.05) is 0 Å². The van der Waals surface area contributed by atoms with Crippen LogP contribution >= 0.6 is 0 Å². The van der Waals surface area contributed by atoms with Gasteiger partial charge in [0.1, 0.15) is 6.54 Å². The fourth-order valence-corrected chi connectivity index (χ4v) is 1.90. The molecular weight excluding hydrogens is 311 g/mol. The Morgan fingerprint density at radius 3 is 2.35 bits per heavy atom. The number of anilines is 1. The van der Waals surface area contributed by atoms with Crippen LogP contribution < -0.4 is 16.0 Å². The number of rotatable bonds is 7. The second-order valence-electron chi connectivity index (χ2n) is 5.50. The minimum absolute atomic E-state index is 0.0964. The average molecular weight is 329 g/mol. The third-order valence-electron chi connectivity index (χ3n) is 3.30. The van der Waals surface area contributed by atoms with Crippen LogP contribution in [0.5, 0.6) is 0 Å². The Labute approximate surface area is 131 Å². The van der Waals surface area contributed by atoms with Crippen molar-refractivity contribution >= 4 is 17.5 Å². The molecule has 0 saturated heterocycles. The van der Waals surface area contributed by atoms with Gasteiger partial charge in [-0.3, -0.25) is 9.59 Å². The lowest BCUT2D eigenvalue weighted by atomic mass is 10.2. The summed E-state index contributed by atoms with van der Waals surface area (Å²) in [5, 5.41) is 7.47. The molecule has 0 atom stereocenters. The van der Waals surface area contributed by atoms with Crippen molar-refractivity contribution in [2.45, 2.75) is 19.0 Å². The Morgan fingerprint density at radius 1 is 1.13 bits per heavy atom. The van der Waals surface area contributed by atoms with E-state index in [9.17, 15) is 22.8 Å². The minimum Gasteiger partial charge on any atom is -0.343 e. The molecular formula is C15H18F3N3O2. The van der Waals surface area contributed by atoms with Crippen LogP contribution in [0.15, 0.2) is 24.3 Å². The van der Waals surface area contributed by atoms with Crippen molar-refractivity contribution in [2.75, 3.05) is 25.0 Å². The molecule has 1 fully saturated rings. The molecule has 0 aliphatic heterocycles. The number of hydrogen-bond acceptors (Lipinski definition) is 3. The SMILES string of the molecule is O=C(CNCC1CC1)Nc1ccc(C(=O)NCC(F)(F)F)cc1. The summed E-state index contributed by atoms with van der Waals surface area (Å²) in [6, 6.07) is 5.67. The molecule has 126 valence electrons. The minimum atomic E-state index is -4.45. The van der Waals surface area contributed by atoms with Crippen LogP contribution in [0.1, 0.15) is 23.2 Å². The zero-order valence-electron chi connectivity index (χ0n) is 12.4. The van der Waals surface area contributed by atoms with Gasteiger partial charge in [-0.25, -0.2) is 0 Å². The van der Waals surface area contributed by atoms with E-state index in [0.29, 0.717) is 11.6 Å². The van der Waals surface area contributed by atoms with Crippen molar-refractivity contribution in [3.05, 3.63) is 29.8 Å². The fraction of sp³-hybridized carbons (Fsp3) is 0.467. The van der Waals surface area contributed by atoms with Gasteiger partial charge in [0.2, 0.25) is 5.91 Å². The second-order valence-corrected chi connectivity index (χ2v) is 5.50. The van der Waals surface area contributed by atoms with E-state index < -0.39 is 18.6 Å². The number of benzene rings is 1. The molecule has 23 heavy (non-hydrogen) atoms. The molecule has 5 nitrogen and oxygen atoms in total. The van der Waals surface area contributed by atoms with E-state index in [1.165, 1.54) is 37.1 Å². The first-order valence-corrected chi connectivity index (χ1v) is 7.29. The Kier molecular flexibility index (Phi) is 5.59. The lowest BCUT2D eigenvalue weighted by Gasteiger charge is -2.09. The van der Waals surface area contributed by atoms with Crippen LogP contribution in [0, 0.1) is 5.92 Å². The number of alkyl halides is 3. The standard InChI is InChI=1S/C15H18F3N3O2/c16-15(17,18)9-20-14(23)11-3-5-12(6-4-11)21-13(22)8-19-7-10-1-2-10/h3-6,10,19H,1-2,7-9H2,(H,20,23)(H,21,22). The molecule has 0 unspecified atom stereocenters. The normalized spacial score (nSPS) is 14.4. The van der Waals surface area contributed by atoms with Gasteiger partial charge < -0.3 is 16.0 Å². The smallest absolute Gasteiger partial charge is 0.343 e. The summed E-state index contributed by atoms with van der Waals surface area (Å²) in [6.07, 6.45) is -2.05. The van der Waals surface area contributed by atoms with Crippen molar-refractivity contribution < 1.29 is 22.8 Å². The van der Waals surface area contributed by atoms with Crippen molar-refractivity contribution in [2.24, 2.45) is 5.92 Å². The summed E-state index contributed by atoms with van der Waals surface area (Å²) in [6.45, 7) is -0.354. The molecule has 8 heteroatoms.